The fraction of sp³-hybridized carbons (Fsp3) is 0.312. The Morgan fingerprint density at radius 1 is 1.48 bits per heavy atom. The lowest BCUT2D eigenvalue weighted by Gasteiger charge is -2.23. The minimum Gasteiger partial charge on any atom is -0.334 e. The first kappa shape index (κ1) is 14.2. The number of carbonyl (C=O) groups is 1. The van der Waals surface area contributed by atoms with Crippen LogP contribution in [0.1, 0.15) is 12.1 Å². The average molecular weight is 327 g/mol. The number of anilines is 1. The second-order valence-corrected chi connectivity index (χ2v) is 6.59. The Labute approximate surface area is 137 Å². The molecule has 23 heavy (non-hydrogen) atoms. The molecule has 0 bridgehead atoms. The number of amides is 1. The van der Waals surface area contributed by atoms with E-state index >= 15 is 0 Å². The van der Waals surface area contributed by atoms with Crippen LogP contribution in [-0.2, 0) is 24.8 Å². The Hall–Kier alpha value is -2.41. The molecule has 3 aromatic rings. The number of carbonyl (C=O) groups excluding carboxylic acids is 1. The number of fused-ring (bicyclic) bond motifs is 1. The van der Waals surface area contributed by atoms with E-state index in [0.717, 1.165) is 29.9 Å². The van der Waals surface area contributed by atoms with Crippen molar-refractivity contribution in [2.45, 2.75) is 19.4 Å². The number of thiophene rings is 1. The summed E-state index contributed by atoms with van der Waals surface area (Å²) in [5, 5.41) is 11.6. The average Bonchev–Trinajstić information content (AvgIpc) is 3.27. The summed E-state index contributed by atoms with van der Waals surface area (Å²) in [6, 6.07) is 3.95. The molecule has 1 amide bonds. The van der Waals surface area contributed by atoms with Crippen molar-refractivity contribution >= 4 is 23.1 Å². The molecule has 0 fully saturated rings. The highest BCUT2D eigenvalue weighted by atomic mass is 32.1. The van der Waals surface area contributed by atoms with Gasteiger partial charge in [-0.05, 0) is 24.3 Å². The first-order chi connectivity index (χ1) is 11.2. The maximum absolute atomic E-state index is 12.6. The van der Waals surface area contributed by atoms with Gasteiger partial charge in [0.1, 0.15) is 5.82 Å². The Morgan fingerprint density at radius 2 is 2.39 bits per heavy atom. The van der Waals surface area contributed by atoms with Gasteiger partial charge in [-0.1, -0.05) is 0 Å². The van der Waals surface area contributed by atoms with Crippen LogP contribution in [0.4, 0.5) is 5.82 Å². The molecule has 0 radical (unpaired) electrons. The summed E-state index contributed by atoms with van der Waals surface area (Å²) >= 11 is 1.64. The van der Waals surface area contributed by atoms with Crippen LogP contribution in [0.5, 0.6) is 0 Å². The van der Waals surface area contributed by atoms with Crippen LogP contribution < -0.4 is 5.32 Å². The minimum atomic E-state index is -0.0313. The molecule has 0 saturated carbocycles. The Bertz CT molecular complexity index is 833. The van der Waals surface area contributed by atoms with E-state index < -0.39 is 0 Å². The third-order valence-corrected chi connectivity index (χ3v) is 4.97. The Morgan fingerprint density at radius 3 is 3.22 bits per heavy atom. The fourth-order valence-corrected chi connectivity index (χ4v) is 3.60. The molecule has 3 aromatic heterocycles. The summed E-state index contributed by atoms with van der Waals surface area (Å²) in [4.78, 5) is 16.7. The highest BCUT2D eigenvalue weighted by Gasteiger charge is 2.25. The number of aryl methyl sites for hydroxylation is 2. The van der Waals surface area contributed by atoms with E-state index in [2.05, 4.69) is 25.3 Å². The maximum Gasteiger partial charge on any atom is 0.230 e. The minimum absolute atomic E-state index is 0.0313. The standard InChI is InChI=1S/C16H17N5OS/c1-20-15(6-14(19-20)12-4-5-23-9-12)18-16(22)11-2-3-13-7-17-10-21(13)8-11/h4-7,9-11H,2-3,8H2,1H3,(H,18,22). The molecule has 4 heterocycles. The van der Waals surface area contributed by atoms with Crippen LogP contribution in [-0.4, -0.2) is 25.2 Å². The van der Waals surface area contributed by atoms with E-state index in [1.807, 2.05) is 30.8 Å². The van der Waals surface area contributed by atoms with Crippen LogP contribution in [0.3, 0.4) is 0 Å². The van der Waals surface area contributed by atoms with Gasteiger partial charge in [-0.3, -0.25) is 9.48 Å². The van der Waals surface area contributed by atoms with Gasteiger partial charge >= 0.3 is 0 Å². The molecule has 1 atom stereocenters. The lowest BCUT2D eigenvalue weighted by molar-refractivity contribution is -0.120. The van der Waals surface area contributed by atoms with Gasteiger partial charge in [-0.15, -0.1) is 0 Å². The molecule has 4 rings (SSSR count). The predicted octanol–water partition coefficient (Wildman–Crippen LogP) is 2.55. The molecule has 0 aromatic carbocycles. The Kier molecular flexibility index (Phi) is 3.49. The van der Waals surface area contributed by atoms with Crippen molar-refractivity contribution in [1.82, 2.24) is 19.3 Å². The zero-order chi connectivity index (χ0) is 15.8. The summed E-state index contributed by atoms with van der Waals surface area (Å²) in [7, 11) is 1.85. The highest BCUT2D eigenvalue weighted by molar-refractivity contribution is 7.08. The lowest BCUT2D eigenvalue weighted by atomic mass is 9.97. The second kappa shape index (κ2) is 5.66. The van der Waals surface area contributed by atoms with Crippen molar-refractivity contribution in [3.63, 3.8) is 0 Å². The smallest absolute Gasteiger partial charge is 0.230 e. The number of hydrogen-bond acceptors (Lipinski definition) is 4. The summed E-state index contributed by atoms with van der Waals surface area (Å²) in [5.74, 6) is 0.744. The second-order valence-electron chi connectivity index (χ2n) is 5.81. The predicted molar refractivity (Wildman–Crippen MR) is 89.2 cm³/mol. The van der Waals surface area contributed by atoms with Gasteiger partial charge < -0.3 is 9.88 Å². The normalized spacial score (nSPS) is 17.0. The van der Waals surface area contributed by atoms with E-state index in [4.69, 9.17) is 0 Å². The topological polar surface area (TPSA) is 64.7 Å². The molecule has 118 valence electrons. The van der Waals surface area contributed by atoms with Gasteiger partial charge in [0, 0.05) is 42.5 Å². The van der Waals surface area contributed by atoms with Gasteiger partial charge in [-0.2, -0.15) is 16.4 Å². The highest BCUT2D eigenvalue weighted by Crippen LogP contribution is 2.25. The third-order valence-electron chi connectivity index (χ3n) is 4.28. The zero-order valence-electron chi connectivity index (χ0n) is 12.8. The first-order valence-electron chi connectivity index (χ1n) is 7.57. The van der Waals surface area contributed by atoms with Gasteiger partial charge in [0.2, 0.25) is 5.91 Å². The van der Waals surface area contributed by atoms with Crippen molar-refractivity contribution in [2.24, 2.45) is 13.0 Å². The molecular weight excluding hydrogens is 310 g/mol. The summed E-state index contributed by atoms with van der Waals surface area (Å²) < 4.78 is 3.78. The van der Waals surface area contributed by atoms with Gasteiger partial charge in [0.05, 0.1) is 17.9 Å². The lowest BCUT2D eigenvalue weighted by Crippen LogP contribution is -2.31. The van der Waals surface area contributed by atoms with Gasteiger partial charge in [0.15, 0.2) is 0 Å². The van der Waals surface area contributed by atoms with Crippen LogP contribution in [0.2, 0.25) is 0 Å². The van der Waals surface area contributed by atoms with Crippen molar-refractivity contribution in [3.05, 3.63) is 41.1 Å². The third kappa shape index (κ3) is 2.68. The summed E-state index contributed by atoms with van der Waals surface area (Å²) in [5.41, 5.74) is 3.16. The van der Waals surface area contributed by atoms with Gasteiger partial charge in [0.25, 0.3) is 0 Å². The summed E-state index contributed by atoms with van der Waals surface area (Å²) in [6.45, 7) is 0.691. The molecule has 1 unspecified atom stereocenters. The maximum atomic E-state index is 12.6. The molecule has 0 spiro atoms. The number of imidazole rings is 1. The van der Waals surface area contributed by atoms with Crippen LogP contribution in [0.25, 0.3) is 11.3 Å². The quantitative estimate of drug-likeness (QED) is 0.804. The van der Waals surface area contributed by atoms with Crippen molar-refractivity contribution in [3.8, 4) is 11.3 Å². The monoisotopic (exact) mass is 327 g/mol. The molecule has 0 saturated heterocycles. The SMILES string of the molecule is Cn1nc(-c2ccsc2)cc1NC(=O)C1CCc2cncn2C1. The number of aromatic nitrogens is 4. The number of nitrogens with zero attached hydrogens (tertiary/aromatic N) is 4. The molecule has 6 nitrogen and oxygen atoms in total. The van der Waals surface area contributed by atoms with Crippen molar-refractivity contribution in [2.75, 3.05) is 5.32 Å². The number of nitrogens with one attached hydrogen (secondary N) is 1. The van der Waals surface area contributed by atoms with E-state index in [-0.39, 0.29) is 11.8 Å². The Balaban J connectivity index is 1.49. The van der Waals surface area contributed by atoms with Crippen molar-refractivity contribution in [1.29, 1.82) is 0 Å². The molecule has 1 N–H and O–H groups in total. The molecule has 0 aliphatic carbocycles. The van der Waals surface area contributed by atoms with Gasteiger partial charge in [-0.25, -0.2) is 4.98 Å². The molecule has 1 aliphatic heterocycles. The van der Waals surface area contributed by atoms with E-state index in [0.29, 0.717) is 6.54 Å². The fourth-order valence-electron chi connectivity index (χ4n) is 2.95. The molecule has 7 heteroatoms. The van der Waals surface area contributed by atoms with Crippen LogP contribution >= 0.6 is 11.3 Å². The van der Waals surface area contributed by atoms with Crippen molar-refractivity contribution < 1.29 is 4.79 Å². The summed E-state index contributed by atoms with van der Waals surface area (Å²) in [6.07, 6.45) is 5.42. The zero-order valence-corrected chi connectivity index (χ0v) is 13.6. The van der Waals surface area contributed by atoms with Crippen LogP contribution in [0, 0.1) is 5.92 Å². The molecule has 1 aliphatic rings. The van der Waals surface area contributed by atoms with Crippen LogP contribution in [0.15, 0.2) is 35.4 Å². The first-order valence-corrected chi connectivity index (χ1v) is 8.51. The van der Waals surface area contributed by atoms with E-state index in [1.54, 1.807) is 22.3 Å². The number of rotatable bonds is 3. The van der Waals surface area contributed by atoms with E-state index in [1.165, 1.54) is 5.69 Å². The number of hydrogen-bond donors (Lipinski definition) is 1. The van der Waals surface area contributed by atoms with E-state index in [9.17, 15) is 4.79 Å². The molecular formula is C16H17N5OS. The largest absolute Gasteiger partial charge is 0.334 e.